The van der Waals surface area contributed by atoms with Crippen LogP contribution in [0.15, 0.2) is 60.2 Å². The van der Waals surface area contributed by atoms with Crippen LogP contribution in [0.5, 0.6) is 0 Å². The Morgan fingerprint density at radius 1 is 1.07 bits per heavy atom. The van der Waals surface area contributed by atoms with E-state index in [9.17, 15) is 17.6 Å². The third-order valence-electron chi connectivity index (χ3n) is 4.09. The normalized spacial score (nSPS) is 17.1. The number of carbonyl (C=O) groups excluding carboxylic acids is 1. The summed E-state index contributed by atoms with van der Waals surface area (Å²) in [6.07, 6.45) is -0.206. The highest BCUT2D eigenvalue weighted by Crippen LogP contribution is 2.32. The van der Waals surface area contributed by atoms with Gasteiger partial charge in [0, 0.05) is 5.56 Å². The maximum atomic E-state index is 12.9. The molecule has 0 bridgehead atoms. The van der Waals surface area contributed by atoms with Gasteiger partial charge < -0.3 is 14.7 Å². The largest absolute Gasteiger partial charge is 0.460 e. The molecule has 0 radical (unpaired) electrons. The minimum Gasteiger partial charge on any atom is -0.460 e. The molecule has 2 N–H and O–H groups in total. The minimum atomic E-state index is -4.17. The monoisotopic (exact) mass is 391 g/mol. The Hall–Kier alpha value is -2.87. The van der Waals surface area contributed by atoms with Gasteiger partial charge in [-0.25, -0.2) is 4.39 Å². The van der Waals surface area contributed by atoms with Crippen LogP contribution in [0.25, 0.3) is 0 Å². The summed E-state index contributed by atoms with van der Waals surface area (Å²) in [5, 5.41) is 0. The number of carbonyl (C=O) groups is 1. The average Bonchev–Trinajstić information content (AvgIpc) is 2.91. The van der Waals surface area contributed by atoms with Gasteiger partial charge in [0.15, 0.2) is 6.10 Å². The summed E-state index contributed by atoms with van der Waals surface area (Å²) in [5.74, 6) is -2.61. The Morgan fingerprint density at radius 3 is 2.26 bits per heavy atom. The summed E-state index contributed by atoms with van der Waals surface area (Å²) >= 11 is 0. The summed E-state index contributed by atoms with van der Waals surface area (Å²) in [4.78, 5) is 12.5. The second-order valence-corrected chi connectivity index (χ2v) is 7.63. The zero-order chi connectivity index (χ0) is 19.6. The van der Waals surface area contributed by atoms with E-state index in [1.807, 2.05) is 19.1 Å². The van der Waals surface area contributed by atoms with E-state index in [2.05, 4.69) is 0 Å². The Labute approximate surface area is 156 Å². The van der Waals surface area contributed by atoms with Crippen molar-refractivity contribution in [1.29, 1.82) is 0 Å². The third kappa shape index (κ3) is 4.28. The fourth-order valence-corrected chi connectivity index (χ4v) is 3.72. The number of rotatable bonds is 6. The number of hydrogen-bond acceptors (Lipinski definition) is 6. The fraction of sp³-hybridized carbons (Fsp3) is 0.211. The minimum absolute atomic E-state index is 0.314. The first-order chi connectivity index (χ1) is 12.8. The zero-order valence-electron chi connectivity index (χ0n) is 14.5. The molecule has 6 nitrogen and oxygen atoms in total. The van der Waals surface area contributed by atoms with E-state index in [0.29, 0.717) is 11.1 Å². The average molecular weight is 391 g/mol. The van der Waals surface area contributed by atoms with Crippen LogP contribution in [0.2, 0.25) is 0 Å². The van der Waals surface area contributed by atoms with E-state index < -0.39 is 39.3 Å². The molecule has 1 aliphatic heterocycles. The molecule has 142 valence electrons. The first kappa shape index (κ1) is 18.9. The van der Waals surface area contributed by atoms with Gasteiger partial charge in [-0.3, -0.25) is 4.79 Å². The first-order valence-corrected chi connectivity index (χ1v) is 9.83. The summed E-state index contributed by atoms with van der Waals surface area (Å²) in [5.41, 5.74) is 7.62. The van der Waals surface area contributed by atoms with Crippen LogP contribution in [0.3, 0.4) is 0 Å². The molecule has 3 rings (SSSR count). The van der Waals surface area contributed by atoms with E-state index in [1.165, 1.54) is 12.1 Å². The summed E-state index contributed by atoms with van der Waals surface area (Å²) in [7, 11) is -4.17. The van der Waals surface area contributed by atoms with Crippen molar-refractivity contribution in [3.05, 3.63) is 82.7 Å². The number of aryl methyl sites for hydroxylation is 1. The number of ketones is 1. The second kappa shape index (κ2) is 7.40. The lowest BCUT2D eigenvalue weighted by atomic mass is 10.0. The lowest BCUT2D eigenvalue weighted by molar-refractivity contribution is -0.123. The van der Waals surface area contributed by atoms with Gasteiger partial charge in [0.1, 0.15) is 11.6 Å². The second-order valence-electron chi connectivity index (χ2n) is 6.06. The van der Waals surface area contributed by atoms with Crippen molar-refractivity contribution < 1.29 is 26.5 Å². The van der Waals surface area contributed by atoms with E-state index >= 15 is 0 Å². The van der Waals surface area contributed by atoms with Crippen molar-refractivity contribution in [2.75, 3.05) is 0 Å². The van der Waals surface area contributed by atoms with Gasteiger partial charge in [-0.05, 0) is 29.7 Å². The molecule has 0 fully saturated rings. The molecule has 27 heavy (non-hydrogen) atoms. The highest BCUT2D eigenvalue weighted by molar-refractivity contribution is 7.86. The van der Waals surface area contributed by atoms with Crippen molar-refractivity contribution in [2.24, 2.45) is 5.73 Å². The predicted molar refractivity (Wildman–Crippen MR) is 96.0 cm³/mol. The van der Waals surface area contributed by atoms with Gasteiger partial charge in [-0.2, -0.15) is 8.42 Å². The lowest BCUT2D eigenvalue weighted by Crippen LogP contribution is -2.16. The summed E-state index contributed by atoms with van der Waals surface area (Å²) in [6, 6.07) is 12.1. The SMILES string of the molecule is CCc1ccc(C2OC(N)=C(OS(=O)(=O)Cc3ccc(F)cc3)C2=O)cc1. The van der Waals surface area contributed by atoms with Gasteiger partial charge in [0.05, 0.1) is 0 Å². The number of ether oxygens (including phenoxy) is 1. The molecule has 1 heterocycles. The van der Waals surface area contributed by atoms with Gasteiger partial charge in [0.25, 0.3) is 0 Å². The lowest BCUT2D eigenvalue weighted by Gasteiger charge is -2.10. The summed E-state index contributed by atoms with van der Waals surface area (Å²) < 4.78 is 47.7. The van der Waals surface area contributed by atoms with Gasteiger partial charge in [-0.1, -0.05) is 43.3 Å². The number of hydrogen-bond donors (Lipinski definition) is 1. The molecule has 2 aromatic carbocycles. The van der Waals surface area contributed by atoms with Gasteiger partial charge in [-0.15, -0.1) is 0 Å². The standard InChI is InChI=1S/C19H18FNO5S/c1-2-12-3-7-14(8-4-12)17-16(22)18(19(21)25-17)26-27(23,24)11-13-5-9-15(20)10-6-13/h3-10,17H,2,11,21H2,1H3. The fourth-order valence-electron chi connectivity index (χ4n) is 2.65. The molecule has 0 saturated carbocycles. The summed E-state index contributed by atoms with van der Waals surface area (Å²) in [6.45, 7) is 2.00. The highest BCUT2D eigenvalue weighted by Gasteiger charge is 2.39. The molecule has 1 aliphatic rings. The quantitative estimate of drug-likeness (QED) is 0.761. The molecule has 0 aliphatic carbocycles. The Morgan fingerprint density at radius 2 is 1.67 bits per heavy atom. The van der Waals surface area contributed by atoms with E-state index in [-0.39, 0.29) is 5.88 Å². The number of halogens is 1. The van der Waals surface area contributed by atoms with Crippen LogP contribution in [-0.4, -0.2) is 14.2 Å². The van der Waals surface area contributed by atoms with Crippen LogP contribution in [0.1, 0.15) is 29.7 Å². The molecule has 0 aromatic heterocycles. The highest BCUT2D eigenvalue weighted by atomic mass is 32.2. The molecule has 8 heteroatoms. The molecule has 0 amide bonds. The maximum Gasteiger partial charge on any atom is 0.313 e. The molecule has 1 atom stereocenters. The number of benzene rings is 2. The predicted octanol–water partition coefficient (Wildman–Crippen LogP) is 2.70. The molecule has 0 saturated heterocycles. The topological polar surface area (TPSA) is 95.7 Å². The number of Topliss-reactive ketones (excluding diaryl/α,β-unsaturated/α-hetero) is 1. The van der Waals surface area contributed by atoms with Gasteiger partial charge >= 0.3 is 10.1 Å². The third-order valence-corrected chi connectivity index (χ3v) is 5.20. The van der Waals surface area contributed by atoms with Crippen molar-refractivity contribution in [3.8, 4) is 0 Å². The van der Waals surface area contributed by atoms with E-state index in [4.69, 9.17) is 14.7 Å². The van der Waals surface area contributed by atoms with Crippen molar-refractivity contribution in [3.63, 3.8) is 0 Å². The van der Waals surface area contributed by atoms with E-state index in [1.54, 1.807) is 12.1 Å². The molecular formula is C19H18FNO5S. The number of nitrogens with two attached hydrogens (primary N) is 1. The van der Waals surface area contributed by atoms with Gasteiger partial charge in [0.2, 0.25) is 17.4 Å². The van der Waals surface area contributed by atoms with Crippen molar-refractivity contribution in [2.45, 2.75) is 25.2 Å². The van der Waals surface area contributed by atoms with E-state index in [0.717, 1.165) is 24.1 Å². The van der Waals surface area contributed by atoms with Crippen LogP contribution in [0.4, 0.5) is 4.39 Å². The van der Waals surface area contributed by atoms with Crippen LogP contribution >= 0.6 is 0 Å². The first-order valence-electron chi connectivity index (χ1n) is 8.25. The molecule has 0 spiro atoms. The Kier molecular flexibility index (Phi) is 5.18. The van der Waals surface area contributed by atoms with Crippen molar-refractivity contribution in [1.82, 2.24) is 0 Å². The van der Waals surface area contributed by atoms with Crippen molar-refractivity contribution >= 4 is 15.9 Å². The maximum absolute atomic E-state index is 12.9. The van der Waals surface area contributed by atoms with Crippen LogP contribution < -0.4 is 5.73 Å². The smallest absolute Gasteiger partial charge is 0.313 e. The van der Waals surface area contributed by atoms with Crippen LogP contribution in [0, 0.1) is 5.82 Å². The molecular weight excluding hydrogens is 373 g/mol. The van der Waals surface area contributed by atoms with Crippen LogP contribution in [-0.2, 0) is 36.0 Å². The Bertz CT molecular complexity index is 982. The molecule has 2 aromatic rings. The zero-order valence-corrected chi connectivity index (χ0v) is 15.3. The molecule has 1 unspecified atom stereocenters. The Balaban J connectivity index is 1.74.